The lowest BCUT2D eigenvalue weighted by molar-refractivity contribution is -0.141. The Morgan fingerprint density at radius 3 is 2.31 bits per heavy atom. The standard InChI is InChI=1S/C24H29F4N7O/c1-5-17(34-20-13-29-19(12-30-20)24(26,27)28)18(6-2)35(7-3)23(36)16-9-8-14(4)33-21(16)22-31-10-15(25)11-32-22/h8-14,17-18,33H,5-7H2,1-4H3,(H,30,34). The average Bonchev–Trinajstić information content (AvgIpc) is 2.86. The lowest BCUT2D eigenvalue weighted by atomic mass is 9.98. The summed E-state index contributed by atoms with van der Waals surface area (Å²) < 4.78 is 51.9. The molecule has 3 unspecified atom stereocenters. The van der Waals surface area contributed by atoms with Crippen LogP contribution in [-0.4, -0.2) is 55.4 Å². The summed E-state index contributed by atoms with van der Waals surface area (Å²) in [5, 5.41) is 6.33. The van der Waals surface area contributed by atoms with Crippen LogP contribution in [0.15, 0.2) is 42.5 Å². The van der Waals surface area contributed by atoms with Gasteiger partial charge in [-0.15, -0.1) is 0 Å². The molecule has 2 N–H and O–H groups in total. The Morgan fingerprint density at radius 2 is 1.78 bits per heavy atom. The average molecular weight is 508 g/mol. The number of rotatable bonds is 9. The van der Waals surface area contributed by atoms with Crippen LogP contribution in [0, 0.1) is 5.82 Å². The van der Waals surface area contributed by atoms with Crippen molar-refractivity contribution in [2.24, 2.45) is 0 Å². The first-order chi connectivity index (χ1) is 17.1. The van der Waals surface area contributed by atoms with Crippen molar-refractivity contribution in [3.8, 4) is 0 Å². The lowest BCUT2D eigenvalue weighted by Crippen LogP contribution is -2.50. The summed E-state index contributed by atoms with van der Waals surface area (Å²) in [6.07, 6.45) is 3.90. The van der Waals surface area contributed by atoms with Crippen LogP contribution in [0.5, 0.6) is 0 Å². The molecule has 0 spiro atoms. The summed E-state index contributed by atoms with van der Waals surface area (Å²) in [7, 11) is 0. The number of dihydropyridines is 1. The number of carbonyl (C=O) groups excluding carboxylic acids is 1. The van der Waals surface area contributed by atoms with Crippen molar-refractivity contribution in [3.05, 3.63) is 59.8 Å². The fourth-order valence-electron chi connectivity index (χ4n) is 4.10. The van der Waals surface area contributed by atoms with E-state index in [0.29, 0.717) is 36.9 Å². The van der Waals surface area contributed by atoms with Crippen LogP contribution < -0.4 is 10.6 Å². The molecule has 0 radical (unpaired) electrons. The van der Waals surface area contributed by atoms with Gasteiger partial charge in [-0.1, -0.05) is 19.9 Å². The highest BCUT2D eigenvalue weighted by molar-refractivity contribution is 6.03. The third-order valence-electron chi connectivity index (χ3n) is 5.87. The number of hydrogen-bond acceptors (Lipinski definition) is 7. The maximum atomic E-state index is 13.8. The Morgan fingerprint density at radius 1 is 1.08 bits per heavy atom. The molecule has 3 heterocycles. The van der Waals surface area contributed by atoms with Gasteiger partial charge in [-0.25, -0.2) is 24.3 Å². The van der Waals surface area contributed by atoms with Crippen LogP contribution >= 0.6 is 0 Å². The molecule has 194 valence electrons. The molecule has 3 rings (SSSR count). The van der Waals surface area contributed by atoms with Crippen LogP contribution in [-0.2, 0) is 11.0 Å². The van der Waals surface area contributed by atoms with Gasteiger partial charge < -0.3 is 15.5 Å². The maximum absolute atomic E-state index is 13.8. The van der Waals surface area contributed by atoms with Gasteiger partial charge in [-0.05, 0) is 32.8 Å². The Labute approximate surface area is 207 Å². The van der Waals surface area contributed by atoms with Gasteiger partial charge in [0.05, 0.1) is 42.1 Å². The third-order valence-corrected chi connectivity index (χ3v) is 5.87. The van der Waals surface area contributed by atoms with Crippen LogP contribution in [0.3, 0.4) is 0 Å². The zero-order valence-electron chi connectivity index (χ0n) is 20.5. The van der Waals surface area contributed by atoms with Gasteiger partial charge in [0, 0.05) is 18.6 Å². The second-order valence-corrected chi connectivity index (χ2v) is 8.32. The molecule has 36 heavy (non-hydrogen) atoms. The van der Waals surface area contributed by atoms with Crippen LogP contribution in [0.4, 0.5) is 23.4 Å². The Hall–Kier alpha value is -3.57. The molecule has 2 aromatic rings. The minimum atomic E-state index is -4.58. The van der Waals surface area contributed by atoms with E-state index < -0.39 is 17.7 Å². The molecule has 0 aliphatic carbocycles. The van der Waals surface area contributed by atoms with Gasteiger partial charge >= 0.3 is 6.18 Å². The molecule has 3 atom stereocenters. The normalized spacial score (nSPS) is 17.4. The number of anilines is 1. The van der Waals surface area contributed by atoms with Gasteiger partial charge in [0.15, 0.2) is 17.3 Å². The first kappa shape index (κ1) is 27.0. The number of aromatic nitrogens is 4. The Bertz CT molecular complexity index is 1100. The van der Waals surface area contributed by atoms with Crippen molar-refractivity contribution in [2.75, 3.05) is 11.9 Å². The highest BCUT2D eigenvalue weighted by Crippen LogP contribution is 2.28. The predicted molar refractivity (Wildman–Crippen MR) is 127 cm³/mol. The molecular formula is C24H29F4N7O. The van der Waals surface area contributed by atoms with E-state index in [2.05, 4.69) is 30.6 Å². The topological polar surface area (TPSA) is 95.9 Å². The third kappa shape index (κ3) is 6.16. The molecule has 0 bridgehead atoms. The zero-order valence-corrected chi connectivity index (χ0v) is 20.5. The van der Waals surface area contributed by atoms with Gasteiger partial charge in [0.1, 0.15) is 5.82 Å². The summed E-state index contributed by atoms with van der Waals surface area (Å²) >= 11 is 0. The summed E-state index contributed by atoms with van der Waals surface area (Å²) in [6.45, 7) is 7.96. The van der Waals surface area contributed by atoms with E-state index in [1.165, 1.54) is 0 Å². The van der Waals surface area contributed by atoms with E-state index >= 15 is 0 Å². The van der Waals surface area contributed by atoms with Crippen LogP contribution in [0.25, 0.3) is 5.70 Å². The fraction of sp³-hybridized carbons (Fsp3) is 0.458. The van der Waals surface area contributed by atoms with Crippen molar-refractivity contribution in [1.82, 2.24) is 30.2 Å². The van der Waals surface area contributed by atoms with Crippen molar-refractivity contribution in [1.29, 1.82) is 0 Å². The van der Waals surface area contributed by atoms with Crippen molar-refractivity contribution in [2.45, 2.75) is 64.8 Å². The molecule has 0 fully saturated rings. The zero-order chi connectivity index (χ0) is 26.5. The molecular weight excluding hydrogens is 478 g/mol. The Kier molecular flexibility index (Phi) is 8.59. The van der Waals surface area contributed by atoms with Gasteiger partial charge in [-0.2, -0.15) is 13.2 Å². The molecule has 8 nitrogen and oxygen atoms in total. The van der Waals surface area contributed by atoms with Crippen molar-refractivity contribution < 1.29 is 22.4 Å². The van der Waals surface area contributed by atoms with E-state index in [1.54, 1.807) is 11.0 Å². The fourth-order valence-corrected chi connectivity index (χ4v) is 4.10. The van der Waals surface area contributed by atoms with Crippen LogP contribution in [0.1, 0.15) is 52.1 Å². The Balaban J connectivity index is 1.90. The van der Waals surface area contributed by atoms with E-state index in [0.717, 1.165) is 18.6 Å². The quantitative estimate of drug-likeness (QED) is 0.491. The minimum Gasteiger partial charge on any atom is -0.375 e. The summed E-state index contributed by atoms with van der Waals surface area (Å²) in [4.78, 5) is 30.9. The second kappa shape index (κ2) is 11.4. The van der Waals surface area contributed by atoms with Crippen molar-refractivity contribution >= 4 is 17.4 Å². The SMILES string of the molecule is CCC(Nc1cnc(C(F)(F)F)cn1)C(CC)N(CC)C(=O)C1=C(c2ncc(F)cn2)NC(C)C=C1. The first-order valence-corrected chi connectivity index (χ1v) is 11.7. The molecule has 0 saturated carbocycles. The highest BCUT2D eigenvalue weighted by atomic mass is 19.4. The highest BCUT2D eigenvalue weighted by Gasteiger charge is 2.34. The monoisotopic (exact) mass is 507 g/mol. The predicted octanol–water partition coefficient (Wildman–Crippen LogP) is 4.20. The molecule has 0 aromatic carbocycles. The summed E-state index contributed by atoms with van der Waals surface area (Å²) in [5.74, 6) is -0.479. The van der Waals surface area contributed by atoms with E-state index in [9.17, 15) is 22.4 Å². The van der Waals surface area contributed by atoms with Crippen LogP contribution in [0.2, 0.25) is 0 Å². The molecule has 0 saturated heterocycles. The number of carbonyl (C=O) groups is 1. The lowest BCUT2D eigenvalue weighted by Gasteiger charge is -2.37. The largest absolute Gasteiger partial charge is 0.434 e. The van der Waals surface area contributed by atoms with Gasteiger partial charge in [-0.3, -0.25) is 4.79 Å². The number of amides is 1. The minimum absolute atomic E-state index is 0.0921. The van der Waals surface area contributed by atoms with E-state index in [4.69, 9.17) is 0 Å². The number of hydrogen-bond donors (Lipinski definition) is 2. The van der Waals surface area contributed by atoms with E-state index in [-0.39, 0.29) is 35.7 Å². The molecule has 1 aliphatic heterocycles. The second-order valence-electron chi connectivity index (χ2n) is 8.32. The van der Waals surface area contributed by atoms with Gasteiger partial charge in [0.25, 0.3) is 5.91 Å². The smallest absolute Gasteiger partial charge is 0.375 e. The summed E-state index contributed by atoms with van der Waals surface area (Å²) in [6, 6.07) is -0.715. The number of likely N-dealkylation sites (N-methyl/N-ethyl adjacent to an activating group) is 1. The maximum Gasteiger partial charge on any atom is 0.434 e. The summed E-state index contributed by atoms with van der Waals surface area (Å²) in [5.41, 5.74) is -0.339. The number of nitrogens with zero attached hydrogens (tertiary/aromatic N) is 5. The van der Waals surface area contributed by atoms with E-state index in [1.807, 2.05) is 33.8 Å². The number of nitrogens with one attached hydrogen (secondary N) is 2. The first-order valence-electron chi connectivity index (χ1n) is 11.7. The number of alkyl halides is 3. The molecule has 12 heteroatoms. The van der Waals surface area contributed by atoms with Crippen molar-refractivity contribution in [3.63, 3.8) is 0 Å². The molecule has 1 amide bonds. The molecule has 1 aliphatic rings. The number of halogens is 4. The van der Waals surface area contributed by atoms with Gasteiger partial charge in [0.2, 0.25) is 0 Å². The molecule has 2 aromatic heterocycles.